The van der Waals surface area contributed by atoms with Crippen LogP contribution in [0.1, 0.15) is 53.5 Å². The van der Waals surface area contributed by atoms with Gasteiger partial charge in [-0.25, -0.2) is 4.57 Å². The molecule has 1 unspecified atom stereocenters. The molecule has 0 aliphatic carbocycles. The molecule has 0 aliphatic heterocycles. The number of rotatable bonds is 8. The summed E-state index contributed by atoms with van der Waals surface area (Å²) in [4.78, 5) is 0. The lowest BCUT2D eigenvalue weighted by Gasteiger charge is -2.36. The van der Waals surface area contributed by atoms with E-state index < -0.39 is 7.60 Å². The van der Waals surface area contributed by atoms with E-state index in [1.165, 1.54) is 25.1 Å². The Morgan fingerprint density at radius 2 is 1.09 bits per heavy atom. The Labute approximate surface area is 207 Å². The molecule has 3 aromatic carbocycles. The smallest absolute Gasteiger partial charge is 0.416 e. The second kappa shape index (κ2) is 12.3. The van der Waals surface area contributed by atoms with Crippen molar-refractivity contribution >= 4 is 7.60 Å². The van der Waals surface area contributed by atoms with Crippen molar-refractivity contribution in [3.63, 3.8) is 0 Å². The fraction of sp³-hybridized carbons (Fsp3) is 0.400. The topological polar surface area (TPSA) is 35.5 Å². The first-order chi connectivity index (χ1) is 15.9. The van der Waals surface area contributed by atoms with E-state index >= 15 is 0 Å². The van der Waals surface area contributed by atoms with E-state index in [0.717, 1.165) is 5.92 Å². The molecule has 34 heavy (non-hydrogen) atoms. The van der Waals surface area contributed by atoms with Gasteiger partial charge in [-0.3, -0.25) is 0 Å². The standard InChI is InChI=1S/C17H28.C13H13O3P/c1-14(12-16(2,3)4)17(5,6)13-15-10-8-7-9-11-15;1-17(14,15-12-8-4-2-5-9-12)16-13-10-6-3-7-11-13/h7-11,14H,12-13H2,1-6H3;2-11H,1H3. The molecule has 3 nitrogen and oxygen atoms in total. The minimum atomic E-state index is -3.14. The molecule has 0 bridgehead atoms. The van der Waals surface area contributed by atoms with E-state index in [1.807, 2.05) is 36.4 Å². The lowest BCUT2D eigenvalue weighted by atomic mass is 9.69. The predicted molar refractivity (Wildman–Crippen MR) is 145 cm³/mol. The van der Waals surface area contributed by atoms with Crippen LogP contribution in [0.15, 0.2) is 91.0 Å². The molecule has 0 saturated heterocycles. The summed E-state index contributed by atoms with van der Waals surface area (Å²) in [5.41, 5.74) is 2.25. The summed E-state index contributed by atoms with van der Waals surface area (Å²) in [5, 5.41) is 0. The number of hydrogen-bond acceptors (Lipinski definition) is 3. The molecule has 0 heterocycles. The molecule has 0 fully saturated rings. The van der Waals surface area contributed by atoms with E-state index in [9.17, 15) is 4.57 Å². The summed E-state index contributed by atoms with van der Waals surface area (Å²) >= 11 is 0. The van der Waals surface area contributed by atoms with Gasteiger partial charge in [-0.15, -0.1) is 0 Å². The van der Waals surface area contributed by atoms with Gasteiger partial charge in [0, 0.05) is 0 Å². The van der Waals surface area contributed by atoms with Gasteiger partial charge in [0.05, 0.1) is 6.66 Å². The van der Waals surface area contributed by atoms with E-state index in [-0.39, 0.29) is 0 Å². The van der Waals surface area contributed by atoms with Crippen LogP contribution < -0.4 is 9.05 Å². The average molecular weight is 481 g/mol. The molecule has 0 saturated carbocycles. The van der Waals surface area contributed by atoms with Crippen LogP contribution >= 0.6 is 7.60 Å². The van der Waals surface area contributed by atoms with Crippen LogP contribution in [0.25, 0.3) is 0 Å². The zero-order valence-electron chi connectivity index (χ0n) is 21.8. The van der Waals surface area contributed by atoms with E-state index in [0.29, 0.717) is 22.3 Å². The average Bonchev–Trinajstić information content (AvgIpc) is 2.74. The molecule has 0 amide bonds. The summed E-state index contributed by atoms with van der Waals surface area (Å²) in [7, 11) is -3.14. The van der Waals surface area contributed by atoms with Crippen molar-refractivity contribution in [3.8, 4) is 11.5 Å². The molecule has 3 rings (SSSR count). The third-order valence-electron chi connectivity index (χ3n) is 5.78. The van der Waals surface area contributed by atoms with E-state index in [1.54, 1.807) is 24.3 Å². The number of para-hydroxylation sites is 2. The summed E-state index contributed by atoms with van der Waals surface area (Å²) in [6.07, 6.45) is 2.46. The molecule has 0 spiro atoms. The third kappa shape index (κ3) is 10.6. The van der Waals surface area contributed by atoms with Crippen LogP contribution in [-0.4, -0.2) is 6.66 Å². The Bertz CT molecular complexity index is 964. The summed E-state index contributed by atoms with van der Waals surface area (Å²) in [5.74, 6) is 1.81. The van der Waals surface area contributed by atoms with Crippen LogP contribution in [-0.2, 0) is 11.0 Å². The Morgan fingerprint density at radius 3 is 1.47 bits per heavy atom. The highest BCUT2D eigenvalue weighted by atomic mass is 31.2. The van der Waals surface area contributed by atoms with Gasteiger partial charge in [-0.05, 0) is 59.4 Å². The SMILES string of the molecule is CC(CC(C)(C)C)C(C)(C)Cc1ccccc1.CP(=O)(Oc1ccccc1)Oc1ccccc1. The molecule has 0 radical (unpaired) electrons. The molecule has 0 aliphatic rings. The summed E-state index contributed by atoms with van der Waals surface area (Å²) in [6, 6.07) is 28.8. The van der Waals surface area contributed by atoms with E-state index in [4.69, 9.17) is 9.05 Å². The second-order valence-corrected chi connectivity index (χ2v) is 12.8. The monoisotopic (exact) mass is 480 g/mol. The van der Waals surface area contributed by atoms with Crippen LogP contribution in [0.3, 0.4) is 0 Å². The zero-order chi connectivity index (χ0) is 25.2. The third-order valence-corrected chi connectivity index (χ3v) is 6.87. The van der Waals surface area contributed by atoms with Gasteiger partial charge in [0.15, 0.2) is 0 Å². The van der Waals surface area contributed by atoms with Crippen molar-refractivity contribution < 1.29 is 13.6 Å². The van der Waals surface area contributed by atoms with Crippen molar-refractivity contribution in [3.05, 3.63) is 96.6 Å². The largest absolute Gasteiger partial charge is 0.427 e. The fourth-order valence-corrected chi connectivity index (χ4v) is 4.90. The van der Waals surface area contributed by atoms with Gasteiger partial charge >= 0.3 is 7.60 Å². The number of benzene rings is 3. The lowest BCUT2D eigenvalue weighted by molar-refractivity contribution is 0.162. The van der Waals surface area contributed by atoms with Crippen molar-refractivity contribution in [2.24, 2.45) is 16.7 Å². The van der Waals surface area contributed by atoms with Gasteiger partial charge in [0.1, 0.15) is 11.5 Å². The Morgan fingerprint density at radius 1 is 0.706 bits per heavy atom. The van der Waals surface area contributed by atoms with Crippen molar-refractivity contribution in [1.82, 2.24) is 0 Å². The molecule has 0 N–H and O–H groups in total. The van der Waals surface area contributed by atoms with Crippen LogP contribution in [0.2, 0.25) is 0 Å². The molecule has 0 aromatic heterocycles. The Balaban J connectivity index is 0.000000240. The molecule has 184 valence electrons. The van der Waals surface area contributed by atoms with Gasteiger partial charge in [-0.2, -0.15) is 0 Å². The first-order valence-electron chi connectivity index (χ1n) is 12.0. The van der Waals surface area contributed by atoms with Crippen LogP contribution in [0.5, 0.6) is 11.5 Å². The molecular formula is C30H41O3P. The Kier molecular flexibility index (Phi) is 10.0. The maximum atomic E-state index is 12.1. The highest BCUT2D eigenvalue weighted by molar-refractivity contribution is 7.53. The van der Waals surface area contributed by atoms with Gasteiger partial charge in [0.2, 0.25) is 0 Å². The molecular weight excluding hydrogens is 439 g/mol. The van der Waals surface area contributed by atoms with Gasteiger partial charge in [-0.1, -0.05) is 108 Å². The predicted octanol–water partition coefficient (Wildman–Crippen LogP) is 9.29. The van der Waals surface area contributed by atoms with Gasteiger partial charge < -0.3 is 9.05 Å². The van der Waals surface area contributed by atoms with Crippen LogP contribution in [0, 0.1) is 16.7 Å². The zero-order valence-corrected chi connectivity index (χ0v) is 22.7. The van der Waals surface area contributed by atoms with Crippen molar-refractivity contribution in [1.29, 1.82) is 0 Å². The maximum Gasteiger partial charge on any atom is 0.427 e. The van der Waals surface area contributed by atoms with Crippen LogP contribution in [0.4, 0.5) is 0 Å². The molecule has 4 heteroatoms. The van der Waals surface area contributed by atoms with E-state index in [2.05, 4.69) is 71.9 Å². The first-order valence-corrected chi connectivity index (χ1v) is 14.0. The normalized spacial score (nSPS) is 12.8. The minimum absolute atomic E-state index is 0.370. The fourth-order valence-electron chi connectivity index (χ4n) is 3.86. The number of hydrogen-bond donors (Lipinski definition) is 0. The second-order valence-electron chi connectivity index (χ2n) is 10.9. The quantitative estimate of drug-likeness (QED) is 0.301. The highest BCUT2D eigenvalue weighted by Gasteiger charge is 2.29. The Hall–Kier alpha value is -2.51. The maximum absolute atomic E-state index is 12.1. The molecule has 3 aromatic rings. The molecule has 1 atom stereocenters. The summed E-state index contributed by atoms with van der Waals surface area (Å²) in [6.45, 7) is 15.7. The van der Waals surface area contributed by atoms with Crippen molar-refractivity contribution in [2.45, 2.75) is 54.4 Å². The highest BCUT2D eigenvalue weighted by Crippen LogP contribution is 2.44. The minimum Gasteiger partial charge on any atom is -0.416 e. The first kappa shape index (κ1) is 27.7. The lowest BCUT2D eigenvalue weighted by Crippen LogP contribution is -2.28. The van der Waals surface area contributed by atoms with Gasteiger partial charge in [0.25, 0.3) is 0 Å². The summed E-state index contributed by atoms with van der Waals surface area (Å²) < 4.78 is 22.8. The van der Waals surface area contributed by atoms with Crippen molar-refractivity contribution in [2.75, 3.05) is 6.66 Å².